The topological polar surface area (TPSA) is 78.8 Å². The maximum Gasteiger partial charge on any atom is 0.341 e. The molecule has 0 unspecified atom stereocenters. The molecule has 5 heteroatoms. The average Bonchev–Trinajstić information content (AvgIpc) is 2.59. The maximum atomic E-state index is 11.8. The lowest BCUT2D eigenvalue weighted by Gasteiger charge is -2.27. The average molecular weight is 400 g/mol. The highest BCUT2D eigenvalue weighted by molar-refractivity contribution is 5.93. The predicted molar refractivity (Wildman–Crippen MR) is 117 cm³/mol. The molecule has 0 atom stereocenters. The summed E-state index contributed by atoms with van der Waals surface area (Å²) in [6.45, 7) is 15.0. The molecule has 0 aliphatic heterocycles. The number of anilines is 1. The number of phenolic OH excluding ortho intramolecular Hbond substituents is 2. The van der Waals surface area contributed by atoms with Gasteiger partial charge in [0.25, 0.3) is 0 Å². The Morgan fingerprint density at radius 1 is 1.00 bits per heavy atom. The number of rotatable bonds is 5. The summed E-state index contributed by atoms with van der Waals surface area (Å²) in [6, 6.07) is 8.83. The van der Waals surface area contributed by atoms with Gasteiger partial charge < -0.3 is 20.3 Å². The number of hydrogen-bond acceptors (Lipinski definition) is 5. The zero-order chi connectivity index (χ0) is 22.0. The highest BCUT2D eigenvalue weighted by Crippen LogP contribution is 2.38. The van der Waals surface area contributed by atoms with E-state index in [2.05, 4.69) is 52.9 Å². The first kappa shape index (κ1) is 22.6. The summed E-state index contributed by atoms with van der Waals surface area (Å²) in [5.41, 5.74) is 3.37. The van der Waals surface area contributed by atoms with E-state index in [1.54, 1.807) is 13.0 Å². The number of carbonyl (C=O) groups is 1. The monoisotopic (exact) mass is 399 g/mol. The molecule has 0 fully saturated rings. The van der Waals surface area contributed by atoms with Crippen molar-refractivity contribution in [3.63, 3.8) is 0 Å². The maximum absolute atomic E-state index is 11.8. The van der Waals surface area contributed by atoms with Crippen LogP contribution < -0.4 is 5.32 Å². The van der Waals surface area contributed by atoms with E-state index < -0.39 is 5.97 Å². The molecule has 2 aromatic carbocycles. The van der Waals surface area contributed by atoms with Gasteiger partial charge in [-0.3, -0.25) is 0 Å². The fourth-order valence-electron chi connectivity index (χ4n) is 3.05. The Bertz CT molecular complexity index is 889. The summed E-state index contributed by atoms with van der Waals surface area (Å²) in [6.07, 6.45) is 0. The van der Waals surface area contributed by atoms with Gasteiger partial charge in [0.2, 0.25) is 0 Å². The number of aromatic hydroxyl groups is 2. The van der Waals surface area contributed by atoms with Crippen molar-refractivity contribution in [1.82, 2.24) is 0 Å². The number of ether oxygens (including phenoxy) is 1. The van der Waals surface area contributed by atoms with E-state index in [4.69, 9.17) is 4.74 Å². The van der Waals surface area contributed by atoms with Crippen molar-refractivity contribution >= 4 is 11.7 Å². The van der Waals surface area contributed by atoms with E-state index in [-0.39, 0.29) is 34.5 Å². The van der Waals surface area contributed by atoms with Gasteiger partial charge in [-0.15, -0.1) is 0 Å². The molecular formula is C24H33NO4. The fraction of sp³-hybridized carbons (Fsp3) is 0.458. The standard InChI is InChI=1S/C24H33NO4/c1-8-29-22(28)18-10-9-17(13-20(18)26)25-14-15-11-16(23(2,3)4)12-19(21(15)27)24(5,6)7/h9-13,25-27H,8,14H2,1-7H3. The molecule has 0 aliphatic carbocycles. The van der Waals surface area contributed by atoms with Crippen molar-refractivity contribution in [2.45, 2.75) is 65.8 Å². The van der Waals surface area contributed by atoms with Crippen LogP contribution in [0.15, 0.2) is 30.3 Å². The first-order valence-electron chi connectivity index (χ1n) is 9.95. The third-order valence-electron chi connectivity index (χ3n) is 4.84. The van der Waals surface area contributed by atoms with Crippen LogP contribution in [0.2, 0.25) is 0 Å². The van der Waals surface area contributed by atoms with Gasteiger partial charge >= 0.3 is 5.97 Å². The largest absolute Gasteiger partial charge is 0.507 e. The fourth-order valence-corrected chi connectivity index (χ4v) is 3.05. The van der Waals surface area contributed by atoms with Crippen LogP contribution in [-0.4, -0.2) is 22.8 Å². The highest BCUT2D eigenvalue weighted by Gasteiger charge is 2.25. The van der Waals surface area contributed by atoms with Gasteiger partial charge in [0, 0.05) is 23.9 Å². The Morgan fingerprint density at radius 3 is 2.17 bits per heavy atom. The third kappa shape index (κ3) is 5.43. The molecule has 3 N–H and O–H groups in total. The molecule has 0 heterocycles. The van der Waals surface area contributed by atoms with Crippen molar-refractivity contribution in [3.8, 4) is 11.5 Å². The van der Waals surface area contributed by atoms with Crippen LogP contribution in [-0.2, 0) is 22.1 Å². The van der Waals surface area contributed by atoms with Gasteiger partial charge in [-0.25, -0.2) is 4.79 Å². The molecule has 2 rings (SSSR count). The smallest absolute Gasteiger partial charge is 0.341 e. The molecule has 0 aliphatic rings. The summed E-state index contributed by atoms with van der Waals surface area (Å²) < 4.78 is 4.93. The van der Waals surface area contributed by atoms with Gasteiger partial charge in [-0.2, -0.15) is 0 Å². The minimum Gasteiger partial charge on any atom is -0.507 e. The van der Waals surface area contributed by atoms with Gasteiger partial charge in [0.15, 0.2) is 0 Å². The van der Waals surface area contributed by atoms with Crippen molar-refractivity contribution in [1.29, 1.82) is 0 Å². The Hall–Kier alpha value is -2.69. The zero-order valence-electron chi connectivity index (χ0n) is 18.5. The normalized spacial score (nSPS) is 12.0. The predicted octanol–water partition coefficient (Wildman–Crippen LogP) is 5.48. The quantitative estimate of drug-likeness (QED) is 0.580. The Kier molecular flexibility index (Phi) is 6.51. The molecule has 0 aromatic heterocycles. The van der Waals surface area contributed by atoms with Crippen LogP contribution >= 0.6 is 0 Å². The molecule has 0 saturated carbocycles. The molecule has 158 valence electrons. The molecular weight excluding hydrogens is 366 g/mol. The first-order chi connectivity index (χ1) is 13.3. The Labute approximate surface area is 173 Å². The number of phenols is 2. The molecule has 29 heavy (non-hydrogen) atoms. The second-order valence-corrected chi connectivity index (χ2v) is 9.34. The second-order valence-electron chi connectivity index (χ2n) is 9.34. The highest BCUT2D eigenvalue weighted by atomic mass is 16.5. The molecule has 0 radical (unpaired) electrons. The van der Waals surface area contributed by atoms with Gasteiger partial charge in [-0.1, -0.05) is 47.6 Å². The summed E-state index contributed by atoms with van der Waals surface area (Å²) in [5, 5.41) is 24.3. The number of esters is 1. The molecule has 5 nitrogen and oxygen atoms in total. The van der Waals surface area contributed by atoms with Crippen molar-refractivity contribution in [2.24, 2.45) is 0 Å². The van der Waals surface area contributed by atoms with Gasteiger partial charge in [0.05, 0.1) is 6.61 Å². The van der Waals surface area contributed by atoms with Gasteiger partial charge in [-0.05, 0) is 47.1 Å². The van der Waals surface area contributed by atoms with E-state index >= 15 is 0 Å². The van der Waals surface area contributed by atoms with Crippen LogP contribution in [0.3, 0.4) is 0 Å². The molecule has 0 saturated heterocycles. The van der Waals surface area contributed by atoms with E-state index in [9.17, 15) is 15.0 Å². The van der Waals surface area contributed by atoms with Crippen LogP contribution in [0.5, 0.6) is 11.5 Å². The summed E-state index contributed by atoms with van der Waals surface area (Å²) in [4.78, 5) is 11.8. The summed E-state index contributed by atoms with van der Waals surface area (Å²) in [7, 11) is 0. The molecule has 2 aromatic rings. The second kappa shape index (κ2) is 8.36. The van der Waals surface area contributed by atoms with E-state index in [1.807, 2.05) is 6.07 Å². The molecule has 0 amide bonds. The SMILES string of the molecule is CCOC(=O)c1ccc(NCc2cc(C(C)(C)C)cc(C(C)(C)C)c2O)cc1O. The van der Waals surface area contributed by atoms with Crippen LogP contribution in [0.4, 0.5) is 5.69 Å². The van der Waals surface area contributed by atoms with Crippen molar-refractivity contribution < 1.29 is 19.7 Å². The number of carbonyl (C=O) groups excluding carboxylic acids is 1. The van der Waals surface area contributed by atoms with E-state index in [0.29, 0.717) is 12.2 Å². The molecule has 0 bridgehead atoms. The summed E-state index contributed by atoms with van der Waals surface area (Å²) >= 11 is 0. The first-order valence-corrected chi connectivity index (χ1v) is 9.95. The third-order valence-corrected chi connectivity index (χ3v) is 4.84. The van der Waals surface area contributed by atoms with Crippen molar-refractivity contribution in [3.05, 3.63) is 52.6 Å². The Balaban J connectivity index is 2.33. The lowest BCUT2D eigenvalue weighted by molar-refractivity contribution is 0.0523. The van der Waals surface area contributed by atoms with Gasteiger partial charge in [0.1, 0.15) is 17.1 Å². The number of hydrogen-bond donors (Lipinski definition) is 3. The van der Waals surface area contributed by atoms with Crippen LogP contribution in [0, 0.1) is 0 Å². The van der Waals surface area contributed by atoms with Crippen molar-refractivity contribution in [2.75, 3.05) is 11.9 Å². The van der Waals surface area contributed by atoms with Crippen LogP contribution in [0.25, 0.3) is 0 Å². The summed E-state index contributed by atoms with van der Waals surface area (Å²) in [5.74, 6) is -0.413. The lowest BCUT2D eigenvalue weighted by atomic mass is 9.79. The van der Waals surface area contributed by atoms with E-state index in [0.717, 1.165) is 16.7 Å². The van der Waals surface area contributed by atoms with E-state index in [1.165, 1.54) is 12.1 Å². The molecule has 0 spiro atoms. The number of benzene rings is 2. The minimum atomic E-state index is -0.554. The van der Waals surface area contributed by atoms with Crippen LogP contribution in [0.1, 0.15) is 75.5 Å². The minimum absolute atomic E-state index is 0.0536. The Morgan fingerprint density at radius 2 is 1.66 bits per heavy atom. The number of nitrogens with one attached hydrogen (secondary N) is 1. The lowest BCUT2D eigenvalue weighted by Crippen LogP contribution is -2.18. The zero-order valence-corrected chi connectivity index (χ0v) is 18.5.